The van der Waals surface area contributed by atoms with Crippen LogP contribution in [-0.2, 0) is 4.74 Å². The quantitative estimate of drug-likeness (QED) is 0.898. The Morgan fingerprint density at radius 1 is 1.53 bits per heavy atom. The van der Waals surface area contributed by atoms with Crippen LogP contribution in [0.5, 0.6) is 0 Å². The van der Waals surface area contributed by atoms with Crippen molar-refractivity contribution in [2.45, 2.75) is 31.9 Å². The van der Waals surface area contributed by atoms with Crippen LogP contribution in [0.2, 0.25) is 0 Å². The molecule has 2 rings (SSSR count). The Kier molecular flexibility index (Phi) is 3.59. The van der Waals surface area contributed by atoms with Gasteiger partial charge in [0.15, 0.2) is 0 Å². The highest BCUT2D eigenvalue weighted by Crippen LogP contribution is 2.20. The summed E-state index contributed by atoms with van der Waals surface area (Å²) >= 11 is 3.41. The maximum absolute atomic E-state index is 5.50. The lowest BCUT2D eigenvalue weighted by molar-refractivity contribution is 0.0232. The van der Waals surface area contributed by atoms with Crippen molar-refractivity contribution in [3.8, 4) is 0 Å². The first kappa shape index (κ1) is 10.9. The molecular weight excluding hydrogens is 256 g/mol. The van der Waals surface area contributed by atoms with E-state index in [1.165, 1.54) is 0 Å². The number of hydrogen-bond donors (Lipinski definition) is 1. The molecule has 0 radical (unpaired) electrons. The summed E-state index contributed by atoms with van der Waals surface area (Å²) in [5.74, 6) is 0. The topological polar surface area (TPSA) is 34.2 Å². The second-order valence-electron chi connectivity index (χ2n) is 3.94. The molecule has 3 nitrogen and oxygen atoms in total. The first-order valence-corrected chi connectivity index (χ1v) is 6.02. The molecule has 2 unspecified atom stereocenters. The van der Waals surface area contributed by atoms with E-state index in [4.69, 9.17) is 4.74 Å². The minimum Gasteiger partial charge on any atom is -0.381 e. The molecule has 0 spiro atoms. The fourth-order valence-electron chi connectivity index (χ4n) is 1.86. The second kappa shape index (κ2) is 4.94. The van der Waals surface area contributed by atoms with E-state index in [1.807, 2.05) is 12.3 Å². The fraction of sp³-hybridized carbons (Fsp3) is 0.545. The number of rotatable bonds is 2. The van der Waals surface area contributed by atoms with Gasteiger partial charge in [-0.05, 0) is 41.8 Å². The fourth-order valence-corrected chi connectivity index (χ4v) is 2.22. The highest BCUT2D eigenvalue weighted by atomic mass is 79.9. The van der Waals surface area contributed by atoms with Gasteiger partial charge in [0.25, 0.3) is 0 Å². The van der Waals surface area contributed by atoms with Crippen LogP contribution in [0.25, 0.3) is 0 Å². The summed E-state index contributed by atoms with van der Waals surface area (Å²) in [4.78, 5) is 4.13. The van der Waals surface area contributed by atoms with Crippen LogP contribution in [0.1, 0.15) is 19.8 Å². The van der Waals surface area contributed by atoms with Gasteiger partial charge >= 0.3 is 0 Å². The minimum atomic E-state index is 0.358. The van der Waals surface area contributed by atoms with Crippen molar-refractivity contribution in [2.75, 3.05) is 11.9 Å². The zero-order chi connectivity index (χ0) is 10.7. The van der Waals surface area contributed by atoms with Crippen LogP contribution in [0.15, 0.2) is 22.9 Å². The van der Waals surface area contributed by atoms with Crippen molar-refractivity contribution >= 4 is 21.6 Å². The lowest BCUT2D eigenvalue weighted by Crippen LogP contribution is -2.32. The molecule has 0 aromatic carbocycles. The van der Waals surface area contributed by atoms with Crippen molar-refractivity contribution in [3.05, 3.63) is 22.9 Å². The van der Waals surface area contributed by atoms with Gasteiger partial charge in [-0.2, -0.15) is 0 Å². The highest BCUT2D eigenvalue weighted by Gasteiger charge is 2.18. The van der Waals surface area contributed by atoms with E-state index in [1.54, 1.807) is 6.20 Å². The monoisotopic (exact) mass is 270 g/mol. The van der Waals surface area contributed by atoms with Crippen molar-refractivity contribution in [3.63, 3.8) is 0 Å². The number of anilines is 1. The number of ether oxygens (including phenoxy) is 1. The summed E-state index contributed by atoms with van der Waals surface area (Å²) in [6.07, 6.45) is 6.13. The zero-order valence-electron chi connectivity index (χ0n) is 8.74. The minimum absolute atomic E-state index is 0.358. The number of hydrogen-bond acceptors (Lipinski definition) is 3. The lowest BCUT2D eigenvalue weighted by Gasteiger charge is -2.28. The first-order valence-electron chi connectivity index (χ1n) is 5.23. The summed E-state index contributed by atoms with van der Waals surface area (Å²) in [5, 5.41) is 3.48. The second-order valence-corrected chi connectivity index (χ2v) is 4.85. The predicted octanol–water partition coefficient (Wildman–Crippen LogP) is 2.82. The van der Waals surface area contributed by atoms with Crippen LogP contribution in [0.4, 0.5) is 5.69 Å². The van der Waals surface area contributed by atoms with E-state index in [9.17, 15) is 0 Å². The van der Waals surface area contributed by atoms with E-state index in [0.29, 0.717) is 12.1 Å². The normalized spacial score (nSPS) is 26.3. The molecular formula is C11H15BrN2O. The molecule has 1 N–H and O–H groups in total. The molecule has 1 fully saturated rings. The third kappa shape index (κ3) is 3.18. The van der Waals surface area contributed by atoms with Gasteiger partial charge < -0.3 is 10.1 Å². The van der Waals surface area contributed by atoms with Gasteiger partial charge in [-0.25, -0.2) is 0 Å². The van der Waals surface area contributed by atoms with Gasteiger partial charge in [0.2, 0.25) is 0 Å². The molecule has 1 aromatic heterocycles. The Hall–Kier alpha value is -0.610. The number of halogens is 1. The molecule has 0 saturated carbocycles. The molecule has 1 aromatic rings. The Morgan fingerprint density at radius 2 is 2.40 bits per heavy atom. The summed E-state index contributed by atoms with van der Waals surface area (Å²) in [7, 11) is 0. The van der Waals surface area contributed by atoms with Crippen LogP contribution in [-0.4, -0.2) is 23.7 Å². The van der Waals surface area contributed by atoms with Gasteiger partial charge in [-0.15, -0.1) is 0 Å². The molecule has 82 valence electrons. The smallest absolute Gasteiger partial charge is 0.0566 e. The van der Waals surface area contributed by atoms with Gasteiger partial charge in [0.05, 0.1) is 18.0 Å². The standard InChI is InChI=1S/C11H15BrN2O/c1-8-4-10(2-3-15-8)14-11-5-9(12)6-13-7-11/h5-8,10,14H,2-4H2,1H3. The molecule has 0 bridgehead atoms. The van der Waals surface area contributed by atoms with E-state index in [-0.39, 0.29) is 0 Å². The average molecular weight is 271 g/mol. The van der Waals surface area contributed by atoms with E-state index >= 15 is 0 Å². The molecule has 1 saturated heterocycles. The van der Waals surface area contributed by atoms with E-state index in [2.05, 4.69) is 33.2 Å². The molecule has 1 aliphatic rings. The zero-order valence-corrected chi connectivity index (χ0v) is 10.3. The van der Waals surface area contributed by atoms with Crippen molar-refractivity contribution in [2.24, 2.45) is 0 Å². The Morgan fingerprint density at radius 3 is 3.13 bits per heavy atom. The van der Waals surface area contributed by atoms with Crippen LogP contribution < -0.4 is 5.32 Å². The van der Waals surface area contributed by atoms with Crippen molar-refractivity contribution in [1.29, 1.82) is 0 Å². The molecule has 2 heterocycles. The first-order chi connectivity index (χ1) is 7.24. The summed E-state index contributed by atoms with van der Waals surface area (Å²) in [6, 6.07) is 2.55. The third-order valence-electron chi connectivity index (χ3n) is 2.56. The Bertz CT molecular complexity index is 332. The molecule has 1 aliphatic heterocycles. The Balaban J connectivity index is 1.96. The summed E-state index contributed by atoms with van der Waals surface area (Å²) in [6.45, 7) is 2.97. The van der Waals surface area contributed by atoms with Crippen molar-refractivity contribution in [1.82, 2.24) is 4.98 Å². The predicted molar refractivity (Wildman–Crippen MR) is 64.0 cm³/mol. The lowest BCUT2D eigenvalue weighted by atomic mass is 10.0. The largest absolute Gasteiger partial charge is 0.381 e. The average Bonchev–Trinajstić information content (AvgIpc) is 2.17. The molecule has 0 amide bonds. The van der Waals surface area contributed by atoms with Gasteiger partial charge in [0, 0.05) is 23.3 Å². The maximum atomic E-state index is 5.50. The Labute approximate surface area is 98.4 Å². The molecule has 0 aliphatic carbocycles. The number of aromatic nitrogens is 1. The van der Waals surface area contributed by atoms with Crippen LogP contribution >= 0.6 is 15.9 Å². The van der Waals surface area contributed by atoms with E-state index < -0.39 is 0 Å². The summed E-state index contributed by atoms with van der Waals surface area (Å²) < 4.78 is 6.51. The number of nitrogens with zero attached hydrogens (tertiary/aromatic N) is 1. The summed E-state index contributed by atoms with van der Waals surface area (Å²) in [5.41, 5.74) is 1.07. The van der Waals surface area contributed by atoms with Gasteiger partial charge in [-0.1, -0.05) is 0 Å². The van der Waals surface area contributed by atoms with Gasteiger partial charge in [0.1, 0.15) is 0 Å². The van der Waals surface area contributed by atoms with Crippen molar-refractivity contribution < 1.29 is 4.74 Å². The van der Waals surface area contributed by atoms with E-state index in [0.717, 1.165) is 29.6 Å². The number of pyridine rings is 1. The van der Waals surface area contributed by atoms with Crippen LogP contribution in [0.3, 0.4) is 0 Å². The highest BCUT2D eigenvalue weighted by molar-refractivity contribution is 9.10. The number of nitrogens with one attached hydrogen (secondary N) is 1. The molecule has 15 heavy (non-hydrogen) atoms. The van der Waals surface area contributed by atoms with Crippen LogP contribution in [0, 0.1) is 0 Å². The molecule has 4 heteroatoms. The van der Waals surface area contributed by atoms with Gasteiger partial charge in [-0.3, -0.25) is 4.98 Å². The SMILES string of the molecule is CC1CC(Nc2cncc(Br)c2)CCO1. The third-order valence-corrected chi connectivity index (χ3v) is 2.99. The molecule has 2 atom stereocenters. The maximum Gasteiger partial charge on any atom is 0.0566 e.